The van der Waals surface area contributed by atoms with Crippen LogP contribution in [0.2, 0.25) is 5.02 Å². The van der Waals surface area contributed by atoms with E-state index in [-0.39, 0.29) is 12.5 Å². The van der Waals surface area contributed by atoms with E-state index >= 15 is 0 Å². The van der Waals surface area contributed by atoms with Crippen LogP contribution in [0, 0.1) is 13.8 Å². The van der Waals surface area contributed by atoms with Gasteiger partial charge in [0, 0.05) is 16.0 Å². The lowest BCUT2D eigenvalue weighted by molar-refractivity contribution is -0.118. The van der Waals surface area contributed by atoms with Crippen LogP contribution < -0.4 is 10.1 Å². The predicted octanol–water partition coefficient (Wildman–Crippen LogP) is 6.27. The number of anilines is 1. The zero-order chi connectivity index (χ0) is 22.4. The van der Waals surface area contributed by atoms with E-state index in [4.69, 9.17) is 21.1 Å². The highest BCUT2D eigenvalue weighted by Gasteiger charge is 2.23. The summed E-state index contributed by atoms with van der Waals surface area (Å²) in [7, 11) is 0. The fourth-order valence-corrected chi connectivity index (χ4v) is 3.98. The molecule has 0 radical (unpaired) electrons. The average Bonchev–Trinajstić information content (AvgIpc) is 3.16. The van der Waals surface area contributed by atoms with Gasteiger partial charge in [0.2, 0.25) is 0 Å². The van der Waals surface area contributed by atoms with Crippen molar-refractivity contribution in [3.05, 3.63) is 69.6 Å². The van der Waals surface area contributed by atoms with Gasteiger partial charge in [-0.3, -0.25) is 4.79 Å². The second-order valence-electron chi connectivity index (χ2n) is 7.08. The van der Waals surface area contributed by atoms with Crippen LogP contribution in [-0.4, -0.2) is 25.1 Å². The normalized spacial score (nSPS) is 10.6. The highest BCUT2D eigenvalue weighted by molar-refractivity contribution is 7.15. The second kappa shape index (κ2) is 10.5. The van der Waals surface area contributed by atoms with Crippen molar-refractivity contribution >= 4 is 39.8 Å². The zero-order valence-corrected chi connectivity index (χ0v) is 19.2. The maximum absolute atomic E-state index is 12.8. The number of carbonyl (C=O) groups is 2. The van der Waals surface area contributed by atoms with Crippen molar-refractivity contribution in [1.29, 1.82) is 0 Å². The van der Waals surface area contributed by atoms with Gasteiger partial charge in [0.25, 0.3) is 5.91 Å². The van der Waals surface area contributed by atoms with Crippen molar-refractivity contribution in [2.45, 2.75) is 27.2 Å². The number of rotatable bonds is 8. The third-order valence-electron chi connectivity index (χ3n) is 4.69. The Morgan fingerprint density at radius 1 is 1.06 bits per heavy atom. The molecule has 0 saturated carbocycles. The third kappa shape index (κ3) is 5.87. The zero-order valence-electron chi connectivity index (χ0n) is 17.7. The smallest absolute Gasteiger partial charge is 0.341 e. The minimum atomic E-state index is -0.474. The van der Waals surface area contributed by atoms with E-state index < -0.39 is 5.97 Å². The first-order chi connectivity index (χ1) is 14.9. The molecule has 7 heteroatoms. The minimum Gasteiger partial charge on any atom is -0.484 e. The molecule has 31 heavy (non-hydrogen) atoms. The van der Waals surface area contributed by atoms with E-state index in [9.17, 15) is 9.59 Å². The first-order valence-electron chi connectivity index (χ1n) is 9.93. The van der Waals surface area contributed by atoms with Crippen LogP contribution in [0.5, 0.6) is 5.75 Å². The van der Waals surface area contributed by atoms with Crippen molar-refractivity contribution in [2.24, 2.45) is 0 Å². The Morgan fingerprint density at radius 3 is 2.48 bits per heavy atom. The van der Waals surface area contributed by atoms with E-state index in [1.807, 2.05) is 56.5 Å². The van der Waals surface area contributed by atoms with Gasteiger partial charge in [-0.25, -0.2) is 4.79 Å². The van der Waals surface area contributed by atoms with E-state index in [1.165, 1.54) is 11.3 Å². The van der Waals surface area contributed by atoms with Gasteiger partial charge in [0.05, 0.1) is 6.61 Å². The fraction of sp³-hybridized carbons (Fsp3) is 0.250. The number of amides is 1. The number of halogens is 1. The molecule has 0 aliphatic rings. The van der Waals surface area contributed by atoms with Gasteiger partial charge in [-0.15, -0.1) is 11.3 Å². The molecule has 0 aliphatic heterocycles. The van der Waals surface area contributed by atoms with Crippen LogP contribution in [-0.2, 0) is 9.53 Å². The lowest BCUT2D eigenvalue weighted by Gasteiger charge is -2.11. The minimum absolute atomic E-state index is 0.167. The van der Waals surface area contributed by atoms with E-state index in [0.717, 1.165) is 16.7 Å². The Bertz CT molecular complexity index is 1080. The molecule has 0 unspecified atom stereocenters. The van der Waals surface area contributed by atoms with E-state index in [1.54, 1.807) is 12.1 Å². The number of aryl methyl sites for hydroxylation is 2. The largest absolute Gasteiger partial charge is 0.484 e. The number of nitrogens with one attached hydrogen (secondary N) is 1. The number of esters is 1. The summed E-state index contributed by atoms with van der Waals surface area (Å²) in [5.74, 6) is -0.209. The molecule has 162 valence electrons. The Balaban J connectivity index is 1.79. The molecular weight excluding hydrogens is 434 g/mol. The summed E-state index contributed by atoms with van der Waals surface area (Å²) >= 11 is 7.26. The van der Waals surface area contributed by atoms with Gasteiger partial charge in [0.15, 0.2) is 6.61 Å². The number of carbonyl (C=O) groups excluding carboxylic acids is 2. The van der Waals surface area contributed by atoms with Gasteiger partial charge in [-0.2, -0.15) is 0 Å². The molecule has 1 aromatic heterocycles. The molecule has 0 saturated heterocycles. The molecule has 0 fully saturated rings. The van der Waals surface area contributed by atoms with Gasteiger partial charge >= 0.3 is 5.97 Å². The Hall–Kier alpha value is -2.83. The molecule has 3 aromatic rings. The van der Waals surface area contributed by atoms with Crippen molar-refractivity contribution < 1.29 is 19.1 Å². The number of thiophene rings is 1. The lowest BCUT2D eigenvalue weighted by atomic mass is 10.0. The summed E-state index contributed by atoms with van der Waals surface area (Å²) in [6.45, 7) is 6.06. The highest BCUT2D eigenvalue weighted by Crippen LogP contribution is 2.36. The molecule has 3 rings (SSSR count). The van der Waals surface area contributed by atoms with Crippen LogP contribution in [0.1, 0.15) is 34.8 Å². The average molecular weight is 458 g/mol. The summed E-state index contributed by atoms with van der Waals surface area (Å²) in [4.78, 5) is 25.3. The van der Waals surface area contributed by atoms with Crippen LogP contribution in [0.25, 0.3) is 11.1 Å². The molecule has 1 amide bonds. The Morgan fingerprint density at radius 2 is 1.81 bits per heavy atom. The maximum atomic E-state index is 12.8. The first-order valence-corrected chi connectivity index (χ1v) is 11.2. The number of hydrogen-bond acceptors (Lipinski definition) is 5. The van der Waals surface area contributed by atoms with Crippen molar-refractivity contribution in [2.75, 3.05) is 18.5 Å². The molecule has 1 heterocycles. The van der Waals surface area contributed by atoms with E-state index in [2.05, 4.69) is 5.32 Å². The van der Waals surface area contributed by atoms with Crippen LogP contribution in [0.15, 0.2) is 47.8 Å². The maximum Gasteiger partial charge on any atom is 0.341 e. The van der Waals surface area contributed by atoms with Crippen molar-refractivity contribution in [3.63, 3.8) is 0 Å². The highest BCUT2D eigenvalue weighted by atomic mass is 35.5. The first kappa shape index (κ1) is 22.8. The Labute approximate surface area is 191 Å². The monoisotopic (exact) mass is 457 g/mol. The number of ether oxygens (including phenoxy) is 2. The number of benzene rings is 2. The predicted molar refractivity (Wildman–Crippen MR) is 125 cm³/mol. The molecule has 0 aliphatic carbocycles. The standard InChI is InChI=1S/C24H24ClNO4S/c1-4-11-29-24(28)22-20(17-6-8-18(25)9-7-17)14-31-23(22)26-21(27)13-30-19-10-5-15(2)16(3)12-19/h5-10,12,14H,4,11,13H2,1-3H3,(H,26,27). The summed E-state index contributed by atoms with van der Waals surface area (Å²) in [5.41, 5.74) is 4.08. The fourth-order valence-electron chi connectivity index (χ4n) is 2.88. The Kier molecular flexibility index (Phi) is 7.71. The summed E-state index contributed by atoms with van der Waals surface area (Å²) in [6.07, 6.45) is 0.706. The molecule has 0 spiro atoms. The molecule has 1 N–H and O–H groups in total. The van der Waals surface area contributed by atoms with Crippen LogP contribution in [0.4, 0.5) is 5.00 Å². The quantitative estimate of drug-likeness (QED) is 0.405. The molecule has 0 bridgehead atoms. The van der Waals surface area contributed by atoms with Crippen molar-refractivity contribution in [1.82, 2.24) is 0 Å². The van der Waals surface area contributed by atoms with Crippen LogP contribution in [0.3, 0.4) is 0 Å². The van der Waals surface area contributed by atoms with Crippen molar-refractivity contribution in [3.8, 4) is 16.9 Å². The van der Waals surface area contributed by atoms with Gasteiger partial charge in [-0.1, -0.05) is 36.7 Å². The SMILES string of the molecule is CCCOC(=O)c1c(-c2ccc(Cl)cc2)csc1NC(=O)COc1ccc(C)c(C)c1. The molecule has 0 atom stereocenters. The van der Waals surface area contributed by atoms with Gasteiger partial charge < -0.3 is 14.8 Å². The van der Waals surface area contributed by atoms with Gasteiger partial charge in [0.1, 0.15) is 16.3 Å². The molecule has 2 aromatic carbocycles. The molecular formula is C24H24ClNO4S. The molecule has 5 nitrogen and oxygen atoms in total. The lowest BCUT2D eigenvalue weighted by Crippen LogP contribution is -2.21. The summed E-state index contributed by atoms with van der Waals surface area (Å²) in [6, 6.07) is 12.8. The summed E-state index contributed by atoms with van der Waals surface area (Å²) in [5, 5.41) is 5.65. The second-order valence-corrected chi connectivity index (χ2v) is 8.40. The van der Waals surface area contributed by atoms with Gasteiger partial charge in [-0.05, 0) is 61.2 Å². The topological polar surface area (TPSA) is 64.6 Å². The van der Waals surface area contributed by atoms with Crippen LogP contribution >= 0.6 is 22.9 Å². The number of hydrogen-bond donors (Lipinski definition) is 1. The summed E-state index contributed by atoms with van der Waals surface area (Å²) < 4.78 is 11.0. The third-order valence-corrected chi connectivity index (χ3v) is 5.84. The van der Waals surface area contributed by atoms with E-state index in [0.29, 0.717) is 39.9 Å².